The molecule has 1 amide bonds. The van der Waals surface area contributed by atoms with Gasteiger partial charge in [-0.2, -0.15) is 0 Å². The van der Waals surface area contributed by atoms with Gasteiger partial charge in [-0.1, -0.05) is 0 Å². The summed E-state index contributed by atoms with van der Waals surface area (Å²) in [6.45, 7) is 0. The van der Waals surface area contributed by atoms with Crippen LogP contribution >= 0.6 is 23.1 Å². The lowest BCUT2D eigenvalue weighted by Gasteiger charge is -1.98. The Morgan fingerprint density at radius 1 is 1.56 bits per heavy atom. The lowest BCUT2D eigenvalue weighted by atomic mass is 10.5. The van der Waals surface area contributed by atoms with Gasteiger partial charge in [0.15, 0.2) is 11.3 Å². The smallest absolute Gasteiger partial charge is 0.238 e. The van der Waals surface area contributed by atoms with Crippen LogP contribution in [0.1, 0.15) is 0 Å². The molecular weight excluding hydrogens is 242 g/mol. The van der Waals surface area contributed by atoms with Crippen LogP contribution in [0.3, 0.4) is 0 Å². The van der Waals surface area contributed by atoms with Crippen LogP contribution in [-0.4, -0.2) is 16.6 Å². The van der Waals surface area contributed by atoms with Crippen LogP contribution < -0.4 is 10.3 Å². The first-order valence-electron chi connectivity index (χ1n) is 4.63. The van der Waals surface area contributed by atoms with Gasteiger partial charge in [-0.3, -0.25) is 4.79 Å². The summed E-state index contributed by atoms with van der Waals surface area (Å²) in [6, 6.07) is 5.76. The number of amides is 1. The van der Waals surface area contributed by atoms with E-state index in [4.69, 9.17) is 0 Å². The summed E-state index contributed by atoms with van der Waals surface area (Å²) < 4.78 is 0. The number of carbonyl (C=O) groups excluding carboxylic acids is 1. The minimum absolute atomic E-state index is 0.0443. The maximum absolute atomic E-state index is 11.5. The average molecular weight is 252 g/mol. The van der Waals surface area contributed by atoms with E-state index in [0.717, 1.165) is 5.03 Å². The molecule has 0 saturated heterocycles. The van der Waals surface area contributed by atoms with E-state index < -0.39 is 0 Å². The van der Waals surface area contributed by atoms with Gasteiger partial charge in [0.05, 0.1) is 5.75 Å². The average Bonchev–Trinajstić information content (AvgIpc) is 2.81. The molecule has 4 nitrogen and oxygen atoms in total. The molecule has 0 spiro atoms. The van der Waals surface area contributed by atoms with E-state index in [1.807, 2.05) is 29.8 Å². The number of hydrogen-bond acceptors (Lipinski definition) is 4. The number of aromatic amines is 1. The summed E-state index contributed by atoms with van der Waals surface area (Å²) in [7, 11) is 0. The van der Waals surface area contributed by atoms with Gasteiger partial charge in [-0.05, 0) is 17.8 Å². The lowest BCUT2D eigenvalue weighted by molar-refractivity contribution is -0.426. The second-order valence-corrected chi connectivity index (χ2v) is 4.81. The number of nitrogens with zero attached hydrogens (tertiary/aromatic N) is 1. The SMILES string of the molecule is O=C(CSc1cccc[nH+]1)Nc1nccs1. The summed E-state index contributed by atoms with van der Waals surface area (Å²) in [4.78, 5) is 18.5. The Labute approximate surface area is 101 Å². The number of carbonyl (C=O) groups is 1. The minimum Gasteiger partial charge on any atom is -0.301 e. The van der Waals surface area contributed by atoms with Crippen molar-refractivity contribution in [3.05, 3.63) is 36.0 Å². The van der Waals surface area contributed by atoms with Gasteiger partial charge in [-0.25, -0.2) is 9.97 Å². The number of hydrogen-bond donors (Lipinski definition) is 1. The minimum atomic E-state index is -0.0443. The Hall–Kier alpha value is -1.40. The molecule has 2 aromatic heterocycles. The molecule has 0 atom stereocenters. The normalized spacial score (nSPS) is 10.0. The Bertz CT molecular complexity index is 444. The van der Waals surface area contributed by atoms with E-state index in [1.165, 1.54) is 23.1 Å². The first-order valence-corrected chi connectivity index (χ1v) is 6.50. The first-order chi connectivity index (χ1) is 7.84. The van der Waals surface area contributed by atoms with Crippen LogP contribution in [0.15, 0.2) is 41.0 Å². The van der Waals surface area contributed by atoms with Gasteiger partial charge >= 0.3 is 0 Å². The molecule has 0 aliphatic rings. The van der Waals surface area contributed by atoms with Crippen molar-refractivity contribution < 1.29 is 9.78 Å². The predicted octanol–water partition coefficient (Wildman–Crippen LogP) is 1.69. The van der Waals surface area contributed by atoms with Gasteiger partial charge in [-0.15, -0.1) is 11.3 Å². The second-order valence-electron chi connectivity index (χ2n) is 2.90. The molecule has 0 bridgehead atoms. The van der Waals surface area contributed by atoms with Crippen LogP contribution in [-0.2, 0) is 4.79 Å². The number of thioether (sulfide) groups is 1. The molecule has 0 aromatic carbocycles. The Kier molecular flexibility index (Phi) is 3.90. The zero-order valence-electron chi connectivity index (χ0n) is 8.34. The number of rotatable bonds is 4. The van der Waals surface area contributed by atoms with E-state index in [2.05, 4.69) is 15.3 Å². The Morgan fingerprint density at radius 2 is 2.50 bits per heavy atom. The van der Waals surface area contributed by atoms with Crippen molar-refractivity contribution in [2.45, 2.75) is 5.03 Å². The third-order valence-corrected chi connectivity index (χ3v) is 3.38. The summed E-state index contributed by atoms with van der Waals surface area (Å²) in [6.07, 6.45) is 3.50. The Balaban J connectivity index is 1.80. The summed E-state index contributed by atoms with van der Waals surface area (Å²) >= 11 is 2.87. The van der Waals surface area contributed by atoms with E-state index >= 15 is 0 Å². The number of anilines is 1. The van der Waals surface area contributed by atoms with Gasteiger partial charge in [0.25, 0.3) is 0 Å². The highest BCUT2D eigenvalue weighted by Gasteiger charge is 2.07. The molecule has 2 N–H and O–H groups in total. The number of H-pyrrole nitrogens is 1. The van der Waals surface area contributed by atoms with Crippen molar-refractivity contribution in [2.75, 3.05) is 11.1 Å². The molecule has 2 rings (SSSR count). The molecule has 6 heteroatoms. The lowest BCUT2D eigenvalue weighted by Crippen LogP contribution is -2.15. The second kappa shape index (κ2) is 5.62. The van der Waals surface area contributed by atoms with Crippen LogP contribution in [0.5, 0.6) is 0 Å². The molecule has 0 aliphatic heterocycles. The summed E-state index contributed by atoms with van der Waals surface area (Å²) in [5.74, 6) is 0.331. The fraction of sp³-hybridized carbons (Fsp3) is 0.100. The van der Waals surface area contributed by atoms with Crippen molar-refractivity contribution in [1.82, 2.24) is 4.98 Å². The van der Waals surface area contributed by atoms with Crippen LogP contribution in [0.2, 0.25) is 0 Å². The molecule has 2 aromatic rings. The number of nitrogens with one attached hydrogen (secondary N) is 2. The summed E-state index contributed by atoms with van der Waals surface area (Å²) in [5, 5.41) is 6.16. The molecule has 0 radical (unpaired) electrons. The van der Waals surface area contributed by atoms with Crippen molar-refractivity contribution in [2.24, 2.45) is 0 Å². The third kappa shape index (κ3) is 3.32. The highest BCUT2D eigenvalue weighted by molar-refractivity contribution is 7.99. The van der Waals surface area contributed by atoms with Crippen molar-refractivity contribution >= 4 is 34.1 Å². The fourth-order valence-corrected chi connectivity index (χ4v) is 2.28. The third-order valence-electron chi connectivity index (χ3n) is 1.72. The molecule has 82 valence electrons. The van der Waals surface area contributed by atoms with E-state index in [1.54, 1.807) is 6.20 Å². The van der Waals surface area contributed by atoms with E-state index in [0.29, 0.717) is 10.9 Å². The zero-order chi connectivity index (χ0) is 11.2. The largest absolute Gasteiger partial charge is 0.301 e. The maximum Gasteiger partial charge on any atom is 0.238 e. The molecule has 2 heterocycles. The molecule has 0 fully saturated rings. The number of pyridine rings is 1. The van der Waals surface area contributed by atoms with Crippen LogP contribution in [0.4, 0.5) is 5.13 Å². The highest BCUT2D eigenvalue weighted by Crippen LogP contribution is 2.14. The predicted molar refractivity (Wildman–Crippen MR) is 64.5 cm³/mol. The van der Waals surface area contributed by atoms with E-state index in [-0.39, 0.29) is 5.91 Å². The van der Waals surface area contributed by atoms with Gasteiger partial charge in [0, 0.05) is 23.7 Å². The summed E-state index contributed by atoms with van der Waals surface area (Å²) in [5.41, 5.74) is 0. The van der Waals surface area contributed by atoms with Gasteiger partial charge in [0.1, 0.15) is 0 Å². The molecule has 0 saturated carbocycles. The number of aromatic nitrogens is 2. The van der Waals surface area contributed by atoms with Crippen LogP contribution in [0.25, 0.3) is 0 Å². The quantitative estimate of drug-likeness (QED) is 0.842. The molecule has 0 aliphatic carbocycles. The monoisotopic (exact) mass is 252 g/mol. The highest BCUT2D eigenvalue weighted by atomic mass is 32.2. The van der Waals surface area contributed by atoms with Gasteiger partial charge in [0.2, 0.25) is 10.9 Å². The van der Waals surface area contributed by atoms with Gasteiger partial charge < -0.3 is 5.32 Å². The van der Waals surface area contributed by atoms with Crippen LogP contribution in [0, 0.1) is 0 Å². The maximum atomic E-state index is 11.5. The topological polar surface area (TPSA) is 56.1 Å². The molecule has 16 heavy (non-hydrogen) atoms. The first kappa shape index (κ1) is 11.1. The van der Waals surface area contributed by atoms with Crippen molar-refractivity contribution in [3.63, 3.8) is 0 Å². The van der Waals surface area contributed by atoms with Crippen molar-refractivity contribution in [3.8, 4) is 0 Å². The Morgan fingerprint density at radius 3 is 3.19 bits per heavy atom. The van der Waals surface area contributed by atoms with E-state index in [9.17, 15) is 4.79 Å². The number of thiazole rings is 1. The van der Waals surface area contributed by atoms with Crippen molar-refractivity contribution in [1.29, 1.82) is 0 Å². The standard InChI is InChI=1S/C10H9N3OS2/c14-8(13-10-12-5-6-15-10)7-16-9-3-1-2-4-11-9/h1-6H,7H2,(H,12,13,14)/p+1. The fourth-order valence-electron chi connectivity index (χ4n) is 1.05. The molecule has 0 unspecified atom stereocenters. The zero-order valence-corrected chi connectivity index (χ0v) is 9.98. The molecular formula is C10H10N3OS2+.